The molecule has 0 amide bonds. The second kappa shape index (κ2) is 8.15. The number of hydrogen-bond donors (Lipinski definition) is 0. The Morgan fingerprint density at radius 1 is 1.10 bits per heavy atom. The van der Waals surface area contributed by atoms with Crippen LogP contribution < -0.4 is 5.76 Å². The van der Waals surface area contributed by atoms with E-state index < -0.39 is 10.7 Å². The minimum atomic E-state index is -0.537. The summed E-state index contributed by atoms with van der Waals surface area (Å²) in [6.45, 7) is 4.38. The molecule has 4 rings (SSSR count). The summed E-state index contributed by atoms with van der Waals surface area (Å²) in [4.78, 5) is 22.6. The summed E-state index contributed by atoms with van der Waals surface area (Å²) in [6, 6.07) is 10.2. The minimum Gasteiger partial charge on any atom is -0.411 e. The molecular weight excluding hydrogens is 408 g/mol. The Bertz CT molecular complexity index is 1270. The standard InChI is InChI=1S/C20H18N4O5S/c1-12-8-13(2)10-14(9-12)18-21-22-19(29-18)30-7-3-6-23-16-11-15(24(26)27)4-5-17(16)28-20(23)25/h4-5,8-11H,3,6-7H2,1-2H3. The van der Waals surface area contributed by atoms with E-state index in [0.717, 1.165) is 16.7 Å². The average molecular weight is 426 g/mol. The van der Waals surface area contributed by atoms with Crippen LogP contribution in [0.3, 0.4) is 0 Å². The maximum atomic E-state index is 12.1. The van der Waals surface area contributed by atoms with Crippen LogP contribution >= 0.6 is 11.8 Å². The fraction of sp³-hybridized carbons (Fsp3) is 0.250. The fourth-order valence-corrected chi connectivity index (χ4v) is 3.93. The second-order valence-corrected chi connectivity index (χ2v) is 7.93. The van der Waals surface area contributed by atoms with Gasteiger partial charge >= 0.3 is 5.76 Å². The summed E-state index contributed by atoms with van der Waals surface area (Å²) in [7, 11) is 0. The molecule has 4 aromatic rings. The van der Waals surface area contributed by atoms with Crippen molar-refractivity contribution in [3.8, 4) is 11.5 Å². The van der Waals surface area contributed by atoms with Crippen molar-refractivity contribution in [3.05, 3.63) is 68.2 Å². The topological polar surface area (TPSA) is 117 Å². The number of benzene rings is 2. The molecular formula is C20H18N4O5S. The Balaban J connectivity index is 1.41. The van der Waals surface area contributed by atoms with Gasteiger partial charge < -0.3 is 8.83 Å². The lowest BCUT2D eigenvalue weighted by atomic mass is 10.1. The van der Waals surface area contributed by atoms with Gasteiger partial charge in [-0.05, 0) is 38.5 Å². The molecule has 30 heavy (non-hydrogen) atoms. The maximum Gasteiger partial charge on any atom is 0.419 e. The highest BCUT2D eigenvalue weighted by Gasteiger charge is 2.15. The highest BCUT2D eigenvalue weighted by atomic mass is 32.2. The van der Waals surface area contributed by atoms with Crippen molar-refractivity contribution in [2.75, 3.05) is 5.75 Å². The van der Waals surface area contributed by atoms with E-state index in [2.05, 4.69) is 16.3 Å². The third-order valence-corrected chi connectivity index (χ3v) is 5.39. The van der Waals surface area contributed by atoms with Gasteiger partial charge in [-0.2, -0.15) is 0 Å². The van der Waals surface area contributed by atoms with Gasteiger partial charge in [-0.15, -0.1) is 10.2 Å². The number of rotatable bonds is 7. The molecule has 0 fully saturated rings. The Labute approximate surface area is 174 Å². The van der Waals surface area contributed by atoms with Crippen LogP contribution in [0.1, 0.15) is 17.5 Å². The molecule has 0 spiro atoms. The van der Waals surface area contributed by atoms with E-state index in [1.165, 1.54) is 34.5 Å². The van der Waals surface area contributed by atoms with E-state index in [-0.39, 0.29) is 5.69 Å². The van der Waals surface area contributed by atoms with E-state index in [1.807, 2.05) is 26.0 Å². The van der Waals surface area contributed by atoms with Crippen LogP contribution in [0, 0.1) is 24.0 Å². The number of aromatic nitrogens is 3. The molecule has 0 atom stereocenters. The quantitative estimate of drug-likeness (QED) is 0.185. The van der Waals surface area contributed by atoms with Crippen LogP contribution in [0.4, 0.5) is 5.69 Å². The molecule has 2 aromatic heterocycles. The third kappa shape index (κ3) is 4.13. The lowest BCUT2D eigenvalue weighted by molar-refractivity contribution is -0.384. The summed E-state index contributed by atoms with van der Waals surface area (Å²) >= 11 is 1.39. The zero-order valence-corrected chi connectivity index (χ0v) is 17.1. The first-order valence-corrected chi connectivity index (χ1v) is 10.2. The van der Waals surface area contributed by atoms with Crippen molar-refractivity contribution in [1.82, 2.24) is 14.8 Å². The van der Waals surface area contributed by atoms with E-state index in [1.54, 1.807) is 0 Å². The number of nitro groups is 1. The Hall–Kier alpha value is -3.40. The summed E-state index contributed by atoms with van der Waals surface area (Å²) < 4.78 is 12.3. The number of hydrogen-bond acceptors (Lipinski definition) is 8. The molecule has 154 valence electrons. The molecule has 0 aliphatic rings. The number of nitro benzene ring substituents is 1. The Kier molecular flexibility index (Phi) is 5.40. The molecule has 0 N–H and O–H groups in total. The summed E-state index contributed by atoms with van der Waals surface area (Å²) in [5.74, 6) is 0.557. The van der Waals surface area contributed by atoms with E-state index in [4.69, 9.17) is 8.83 Å². The molecule has 0 aliphatic heterocycles. The smallest absolute Gasteiger partial charge is 0.411 e. The molecule has 0 unspecified atom stereocenters. The van der Waals surface area contributed by atoms with E-state index in [0.29, 0.717) is 40.9 Å². The van der Waals surface area contributed by atoms with Gasteiger partial charge in [0, 0.05) is 30.0 Å². The maximum absolute atomic E-state index is 12.1. The van der Waals surface area contributed by atoms with Gasteiger partial charge in [0.1, 0.15) is 0 Å². The summed E-state index contributed by atoms with van der Waals surface area (Å²) in [5, 5.41) is 19.6. The minimum absolute atomic E-state index is 0.0869. The van der Waals surface area contributed by atoms with Crippen molar-refractivity contribution in [2.45, 2.75) is 32.0 Å². The number of nitrogens with zero attached hydrogens (tertiary/aromatic N) is 4. The zero-order chi connectivity index (χ0) is 21.3. The number of oxazole rings is 1. The highest BCUT2D eigenvalue weighted by Crippen LogP contribution is 2.26. The van der Waals surface area contributed by atoms with Crippen molar-refractivity contribution >= 4 is 28.5 Å². The van der Waals surface area contributed by atoms with Crippen molar-refractivity contribution < 1.29 is 13.8 Å². The van der Waals surface area contributed by atoms with Crippen molar-refractivity contribution in [1.29, 1.82) is 0 Å². The molecule has 0 radical (unpaired) electrons. The average Bonchev–Trinajstić information content (AvgIpc) is 3.28. The normalized spacial score (nSPS) is 11.3. The van der Waals surface area contributed by atoms with Gasteiger partial charge in [0.15, 0.2) is 5.58 Å². The highest BCUT2D eigenvalue weighted by molar-refractivity contribution is 7.99. The van der Waals surface area contributed by atoms with Gasteiger partial charge in [-0.3, -0.25) is 14.7 Å². The van der Waals surface area contributed by atoms with Gasteiger partial charge in [-0.25, -0.2) is 4.79 Å². The molecule has 9 nitrogen and oxygen atoms in total. The van der Waals surface area contributed by atoms with Crippen molar-refractivity contribution in [2.24, 2.45) is 0 Å². The fourth-order valence-electron chi connectivity index (χ4n) is 3.24. The molecule has 0 aliphatic carbocycles. The first-order chi connectivity index (χ1) is 14.4. The summed E-state index contributed by atoms with van der Waals surface area (Å²) in [5.41, 5.74) is 3.77. The van der Waals surface area contributed by atoms with Gasteiger partial charge in [0.2, 0.25) is 5.89 Å². The number of thioether (sulfide) groups is 1. The van der Waals surface area contributed by atoms with Crippen LogP contribution in [0.2, 0.25) is 0 Å². The number of non-ortho nitro benzene ring substituents is 1. The molecule has 0 saturated heterocycles. The SMILES string of the molecule is Cc1cc(C)cc(-c2nnc(SCCCn3c(=O)oc4ccc([N+](=O)[O-])cc43)o2)c1. The first kappa shape index (κ1) is 19.9. The molecule has 0 bridgehead atoms. The van der Waals surface area contributed by atoms with E-state index in [9.17, 15) is 14.9 Å². The Morgan fingerprint density at radius 3 is 2.60 bits per heavy atom. The van der Waals surface area contributed by atoms with Crippen LogP contribution in [0.15, 0.2) is 55.2 Å². The summed E-state index contributed by atoms with van der Waals surface area (Å²) in [6.07, 6.45) is 0.614. The molecule has 10 heteroatoms. The molecule has 2 aromatic carbocycles. The van der Waals surface area contributed by atoms with Crippen LogP contribution in [-0.2, 0) is 6.54 Å². The lowest BCUT2D eigenvalue weighted by Crippen LogP contribution is -2.14. The van der Waals surface area contributed by atoms with Gasteiger partial charge in [0.05, 0.1) is 10.4 Å². The zero-order valence-electron chi connectivity index (χ0n) is 16.3. The predicted octanol–water partition coefficient (Wildman–Crippen LogP) is 4.35. The van der Waals surface area contributed by atoms with Gasteiger partial charge in [-0.1, -0.05) is 29.0 Å². The molecule has 0 saturated carbocycles. The van der Waals surface area contributed by atoms with Crippen LogP contribution in [0.25, 0.3) is 22.6 Å². The largest absolute Gasteiger partial charge is 0.419 e. The number of fused-ring (bicyclic) bond motifs is 1. The second-order valence-electron chi connectivity index (χ2n) is 6.88. The third-order valence-electron chi connectivity index (χ3n) is 4.49. The monoisotopic (exact) mass is 426 g/mol. The van der Waals surface area contributed by atoms with Crippen LogP contribution in [-0.4, -0.2) is 25.4 Å². The van der Waals surface area contributed by atoms with E-state index >= 15 is 0 Å². The van der Waals surface area contributed by atoms with Gasteiger partial charge in [0.25, 0.3) is 10.9 Å². The Morgan fingerprint density at radius 2 is 1.87 bits per heavy atom. The first-order valence-electron chi connectivity index (χ1n) is 9.23. The van der Waals surface area contributed by atoms with Crippen molar-refractivity contribution in [3.63, 3.8) is 0 Å². The predicted molar refractivity (Wildman–Crippen MR) is 112 cm³/mol. The molecule has 2 heterocycles. The van der Waals surface area contributed by atoms with Crippen LogP contribution in [0.5, 0.6) is 0 Å². The lowest BCUT2D eigenvalue weighted by Gasteiger charge is -2.01. The number of aryl methyl sites for hydroxylation is 3.